The lowest BCUT2D eigenvalue weighted by Gasteiger charge is -2.14. The van der Waals surface area contributed by atoms with Gasteiger partial charge in [-0.1, -0.05) is 31.5 Å². The zero-order chi connectivity index (χ0) is 17.9. The van der Waals surface area contributed by atoms with Crippen molar-refractivity contribution in [2.75, 3.05) is 7.11 Å². The monoisotopic (exact) mass is 347 g/mol. The molecule has 126 valence electrons. The third kappa shape index (κ3) is 3.27. The Balaban J connectivity index is 0.00000312. The van der Waals surface area contributed by atoms with Crippen LogP contribution in [-0.2, 0) is 0 Å². The lowest BCUT2D eigenvalue weighted by Crippen LogP contribution is -2.09. The molecule has 24 heavy (non-hydrogen) atoms. The van der Waals surface area contributed by atoms with Crippen LogP contribution in [-0.4, -0.2) is 12.9 Å². The maximum absolute atomic E-state index is 14.8. The van der Waals surface area contributed by atoms with Crippen molar-refractivity contribution < 1.29 is 15.3 Å². The van der Waals surface area contributed by atoms with Gasteiger partial charge in [-0.3, -0.25) is 4.79 Å². The quantitative estimate of drug-likeness (QED) is 0.685. The molecule has 5 heteroatoms. The molecule has 0 aromatic heterocycles. The van der Waals surface area contributed by atoms with E-state index in [2.05, 4.69) is 0 Å². The van der Waals surface area contributed by atoms with Crippen molar-refractivity contribution in [1.29, 1.82) is 5.26 Å². The van der Waals surface area contributed by atoms with E-state index in [4.69, 9.17) is 21.6 Å². The van der Waals surface area contributed by atoms with E-state index in [0.717, 1.165) is 6.42 Å². The van der Waals surface area contributed by atoms with Gasteiger partial charge in [0.15, 0.2) is 5.78 Å². The van der Waals surface area contributed by atoms with E-state index in [1.54, 1.807) is 12.1 Å². The van der Waals surface area contributed by atoms with E-state index in [1.807, 2.05) is 19.9 Å². The number of nitriles is 1. The lowest BCUT2D eigenvalue weighted by molar-refractivity contribution is 0.103. The number of hydrogen-bond acceptors (Lipinski definition) is 3. The number of ketones is 1. The van der Waals surface area contributed by atoms with Gasteiger partial charge in [0.1, 0.15) is 17.6 Å². The average Bonchev–Trinajstić information content (AvgIpc) is 2.60. The molecule has 0 bridgehead atoms. The van der Waals surface area contributed by atoms with Gasteiger partial charge in [0.25, 0.3) is 0 Å². The van der Waals surface area contributed by atoms with Crippen LogP contribution in [0.5, 0.6) is 5.75 Å². The van der Waals surface area contributed by atoms with E-state index in [9.17, 15) is 9.18 Å². The Labute approximate surface area is 147 Å². The number of nitrogens with zero attached hydrogens (tertiary/aromatic N) is 1. The molecular formula is C19H19ClFNO2. The molecule has 2 aromatic rings. The van der Waals surface area contributed by atoms with Crippen LogP contribution in [0.1, 0.15) is 54.7 Å². The van der Waals surface area contributed by atoms with Crippen molar-refractivity contribution in [2.24, 2.45) is 0 Å². The molecule has 2 rings (SSSR count). The van der Waals surface area contributed by atoms with Gasteiger partial charge in [-0.05, 0) is 42.2 Å². The number of halogens is 2. The largest absolute Gasteiger partial charge is 0.495 e. The van der Waals surface area contributed by atoms with Crippen LogP contribution >= 0.6 is 11.6 Å². The highest BCUT2D eigenvalue weighted by Crippen LogP contribution is 2.31. The third-order valence-corrected chi connectivity index (χ3v) is 4.39. The first-order valence-electron chi connectivity index (χ1n) is 7.55. The maximum Gasteiger partial charge on any atom is 0.197 e. The Morgan fingerprint density at radius 3 is 2.71 bits per heavy atom. The maximum atomic E-state index is 14.8. The summed E-state index contributed by atoms with van der Waals surface area (Å²) < 4.78 is 19.9. The molecule has 0 aliphatic rings. The minimum Gasteiger partial charge on any atom is -0.495 e. The molecule has 2 aromatic carbocycles. The Morgan fingerprint density at radius 2 is 2.12 bits per heavy atom. The van der Waals surface area contributed by atoms with Gasteiger partial charge >= 0.3 is 0 Å². The van der Waals surface area contributed by atoms with Crippen LogP contribution < -0.4 is 4.74 Å². The fourth-order valence-electron chi connectivity index (χ4n) is 2.45. The summed E-state index contributed by atoms with van der Waals surface area (Å²) in [7, 11) is 1.40. The van der Waals surface area contributed by atoms with Crippen LogP contribution in [0.15, 0.2) is 30.3 Å². The lowest BCUT2D eigenvalue weighted by atomic mass is 9.93. The molecule has 0 radical (unpaired) electrons. The molecule has 0 unspecified atom stereocenters. The standard InChI is InChI=1S/C19H17ClFNO2.H2/c1-4-11(2)14-7-8-15(20)17(18(14)21)19(23)12-5-6-13(10-22)16(9-12)24-3;/h5-9,11H,4H2,1-3H3;1H/t11-;/m1./s1. The number of carbonyl (C=O) groups excluding carboxylic acids is 1. The van der Waals surface area contributed by atoms with E-state index >= 15 is 0 Å². The van der Waals surface area contributed by atoms with Gasteiger partial charge in [0.2, 0.25) is 0 Å². The summed E-state index contributed by atoms with van der Waals surface area (Å²) in [5, 5.41) is 9.08. The highest BCUT2D eigenvalue weighted by molar-refractivity contribution is 6.35. The fraction of sp³-hybridized carbons (Fsp3) is 0.263. The molecule has 0 spiro atoms. The topological polar surface area (TPSA) is 50.1 Å². The van der Waals surface area contributed by atoms with Crippen molar-refractivity contribution in [1.82, 2.24) is 0 Å². The molecular weight excluding hydrogens is 329 g/mol. The summed E-state index contributed by atoms with van der Waals surface area (Å²) in [4.78, 5) is 12.8. The predicted molar refractivity (Wildman–Crippen MR) is 93.4 cm³/mol. The first-order chi connectivity index (χ1) is 11.4. The Kier molecular flexibility index (Phi) is 5.58. The summed E-state index contributed by atoms with van der Waals surface area (Å²) in [5.41, 5.74) is 0.828. The number of methoxy groups -OCH3 is 1. The van der Waals surface area contributed by atoms with Gasteiger partial charge < -0.3 is 4.74 Å². The predicted octanol–water partition coefficient (Wildman–Crippen LogP) is 5.35. The van der Waals surface area contributed by atoms with Gasteiger partial charge in [-0.15, -0.1) is 0 Å². The van der Waals surface area contributed by atoms with Crippen LogP contribution in [0, 0.1) is 17.1 Å². The van der Waals surface area contributed by atoms with Crippen molar-refractivity contribution >= 4 is 17.4 Å². The van der Waals surface area contributed by atoms with Gasteiger partial charge in [-0.2, -0.15) is 5.26 Å². The van der Waals surface area contributed by atoms with E-state index in [0.29, 0.717) is 11.1 Å². The highest BCUT2D eigenvalue weighted by atomic mass is 35.5. The van der Waals surface area contributed by atoms with E-state index in [-0.39, 0.29) is 29.2 Å². The minimum atomic E-state index is -0.592. The molecule has 0 saturated carbocycles. The number of carbonyl (C=O) groups is 1. The highest BCUT2D eigenvalue weighted by Gasteiger charge is 2.23. The van der Waals surface area contributed by atoms with Gasteiger partial charge in [-0.25, -0.2) is 4.39 Å². The first-order valence-corrected chi connectivity index (χ1v) is 7.93. The van der Waals surface area contributed by atoms with Crippen molar-refractivity contribution in [2.45, 2.75) is 26.2 Å². The number of rotatable bonds is 5. The second-order valence-corrected chi connectivity index (χ2v) is 5.90. The normalized spacial score (nSPS) is 11.7. The molecule has 1 atom stereocenters. The molecule has 0 fully saturated rings. The fourth-order valence-corrected chi connectivity index (χ4v) is 2.68. The molecule has 0 aliphatic carbocycles. The summed E-state index contributed by atoms with van der Waals surface area (Å²) in [6.45, 7) is 3.84. The zero-order valence-electron chi connectivity index (χ0n) is 13.7. The Hall–Kier alpha value is -2.38. The van der Waals surface area contributed by atoms with Gasteiger partial charge in [0.05, 0.1) is 23.3 Å². The summed E-state index contributed by atoms with van der Waals surface area (Å²) in [6, 6.07) is 9.48. The zero-order valence-corrected chi connectivity index (χ0v) is 14.4. The summed E-state index contributed by atoms with van der Waals surface area (Å²) in [6.07, 6.45) is 0.747. The Morgan fingerprint density at radius 1 is 1.42 bits per heavy atom. The van der Waals surface area contributed by atoms with E-state index < -0.39 is 11.6 Å². The second kappa shape index (κ2) is 7.46. The minimum absolute atomic E-state index is 0. The molecule has 0 N–H and O–H groups in total. The molecule has 3 nitrogen and oxygen atoms in total. The molecule has 0 amide bonds. The number of benzene rings is 2. The third-order valence-electron chi connectivity index (χ3n) is 4.08. The molecule has 0 aliphatic heterocycles. The SMILES string of the molecule is CC[C@@H](C)c1ccc(Cl)c(C(=O)c2ccc(C#N)c(OC)c2)c1F.[HH]. The van der Waals surface area contributed by atoms with Gasteiger partial charge in [0, 0.05) is 6.99 Å². The van der Waals surface area contributed by atoms with Crippen molar-refractivity contribution in [3.8, 4) is 11.8 Å². The second-order valence-electron chi connectivity index (χ2n) is 5.49. The first kappa shape index (κ1) is 18.0. The van der Waals surface area contributed by atoms with Crippen LogP contribution in [0.3, 0.4) is 0 Å². The van der Waals surface area contributed by atoms with Crippen molar-refractivity contribution in [3.05, 3.63) is 63.4 Å². The van der Waals surface area contributed by atoms with Crippen molar-refractivity contribution in [3.63, 3.8) is 0 Å². The molecule has 0 saturated heterocycles. The van der Waals surface area contributed by atoms with E-state index in [1.165, 1.54) is 25.3 Å². The van der Waals surface area contributed by atoms with Crippen LogP contribution in [0.4, 0.5) is 4.39 Å². The number of hydrogen-bond donors (Lipinski definition) is 0. The smallest absolute Gasteiger partial charge is 0.197 e. The van der Waals surface area contributed by atoms with Crippen LogP contribution in [0.25, 0.3) is 0 Å². The summed E-state index contributed by atoms with van der Waals surface area (Å²) in [5.74, 6) is -0.891. The summed E-state index contributed by atoms with van der Waals surface area (Å²) >= 11 is 6.08. The number of ether oxygens (including phenoxy) is 1. The Bertz CT molecular complexity index is 833. The molecule has 0 heterocycles. The average molecular weight is 348 g/mol. The van der Waals surface area contributed by atoms with Crippen LogP contribution in [0.2, 0.25) is 5.02 Å².